The van der Waals surface area contributed by atoms with Crippen molar-refractivity contribution in [3.8, 4) is 11.6 Å². The predicted octanol–water partition coefficient (Wildman–Crippen LogP) is 2.74. The molecular weight excluding hydrogens is 318 g/mol. The second-order valence-corrected chi connectivity index (χ2v) is 5.49. The van der Waals surface area contributed by atoms with Crippen molar-refractivity contribution in [2.24, 2.45) is 0 Å². The molecule has 0 saturated heterocycles. The molecule has 2 heterocycles. The molecule has 6 nitrogen and oxygen atoms in total. The molecule has 1 aromatic heterocycles. The molecule has 0 bridgehead atoms. The lowest BCUT2D eigenvalue weighted by Gasteiger charge is -2.31. The molecule has 23 heavy (non-hydrogen) atoms. The first-order valence-corrected chi connectivity index (χ1v) is 7.56. The third-order valence-corrected chi connectivity index (χ3v) is 4.16. The van der Waals surface area contributed by atoms with Crippen molar-refractivity contribution >= 4 is 23.2 Å². The topological polar surface area (TPSA) is 64.5 Å². The summed E-state index contributed by atoms with van der Waals surface area (Å²) in [6.45, 7) is 0.578. The smallest absolute Gasteiger partial charge is 0.277 e. The van der Waals surface area contributed by atoms with Crippen LogP contribution in [0.1, 0.15) is 22.5 Å². The minimum atomic E-state index is -0.229. The minimum Gasteiger partial charge on any atom is -0.495 e. The van der Waals surface area contributed by atoms with Crippen molar-refractivity contribution in [3.63, 3.8) is 0 Å². The van der Waals surface area contributed by atoms with E-state index in [1.165, 1.54) is 19.5 Å². The number of halogens is 1. The monoisotopic (exact) mass is 333 g/mol. The summed E-state index contributed by atoms with van der Waals surface area (Å²) in [6, 6.07) is 5.09. The Hall–Kier alpha value is -2.34. The van der Waals surface area contributed by atoms with Gasteiger partial charge in [-0.3, -0.25) is 4.79 Å². The lowest BCUT2D eigenvalue weighted by molar-refractivity contribution is 0.0979. The van der Waals surface area contributed by atoms with Gasteiger partial charge in [0.25, 0.3) is 5.91 Å². The summed E-state index contributed by atoms with van der Waals surface area (Å²) in [4.78, 5) is 22.5. The van der Waals surface area contributed by atoms with Crippen LogP contribution in [0.15, 0.2) is 24.5 Å². The van der Waals surface area contributed by atoms with Gasteiger partial charge in [0.05, 0.1) is 19.9 Å². The normalized spacial score (nSPS) is 13.4. The first-order valence-electron chi connectivity index (χ1n) is 7.19. The fourth-order valence-corrected chi connectivity index (χ4v) is 2.97. The Morgan fingerprint density at radius 3 is 2.83 bits per heavy atom. The fourth-order valence-electron chi connectivity index (χ4n) is 2.72. The number of carbonyl (C=O) groups is 1. The molecule has 0 aliphatic carbocycles. The molecule has 1 aromatic carbocycles. The second kappa shape index (κ2) is 6.42. The quantitative estimate of drug-likeness (QED) is 0.864. The van der Waals surface area contributed by atoms with Gasteiger partial charge in [0.1, 0.15) is 17.8 Å². The van der Waals surface area contributed by atoms with Crippen molar-refractivity contribution in [1.82, 2.24) is 9.97 Å². The van der Waals surface area contributed by atoms with Crippen LogP contribution in [0.3, 0.4) is 0 Å². The number of methoxy groups -OCH3 is 2. The van der Waals surface area contributed by atoms with Gasteiger partial charge in [-0.25, -0.2) is 9.97 Å². The molecular formula is C16H16ClN3O3. The largest absolute Gasteiger partial charge is 0.495 e. The van der Waals surface area contributed by atoms with Gasteiger partial charge >= 0.3 is 0 Å². The number of anilines is 1. The summed E-state index contributed by atoms with van der Waals surface area (Å²) in [7, 11) is 3.07. The lowest BCUT2D eigenvalue weighted by Crippen LogP contribution is -2.36. The zero-order valence-electron chi connectivity index (χ0n) is 12.9. The number of nitrogens with zero attached hydrogens (tertiary/aromatic N) is 3. The summed E-state index contributed by atoms with van der Waals surface area (Å²) in [6.07, 6.45) is 2.95. The second-order valence-electron chi connectivity index (χ2n) is 5.08. The average molecular weight is 334 g/mol. The molecule has 0 atom stereocenters. The van der Waals surface area contributed by atoms with Crippen LogP contribution in [0.25, 0.3) is 0 Å². The van der Waals surface area contributed by atoms with E-state index in [2.05, 4.69) is 9.97 Å². The molecule has 0 unspecified atom stereocenters. The van der Waals surface area contributed by atoms with Crippen molar-refractivity contribution in [3.05, 3.63) is 40.8 Å². The summed E-state index contributed by atoms with van der Waals surface area (Å²) in [5.41, 5.74) is 1.91. The van der Waals surface area contributed by atoms with Gasteiger partial charge in [0, 0.05) is 17.6 Å². The third-order valence-electron chi connectivity index (χ3n) is 3.80. The van der Waals surface area contributed by atoms with E-state index in [0.29, 0.717) is 28.9 Å². The van der Waals surface area contributed by atoms with E-state index < -0.39 is 0 Å². The van der Waals surface area contributed by atoms with Gasteiger partial charge in [0.15, 0.2) is 0 Å². The SMILES string of the molecule is COc1cc(C(=O)N2CCCc3c(Cl)ccc(OC)c32)ncn1. The number of fused-ring (bicyclic) bond motifs is 1. The number of ether oxygens (including phenoxy) is 2. The molecule has 1 aliphatic rings. The average Bonchev–Trinajstić information content (AvgIpc) is 2.61. The molecule has 2 aromatic rings. The standard InChI is InChI=1S/C16H16ClN3O3/c1-22-13-6-5-11(17)10-4-3-7-20(15(10)13)16(21)12-8-14(23-2)19-9-18-12/h5-6,8-9H,3-4,7H2,1-2H3. The Kier molecular flexibility index (Phi) is 4.34. The van der Waals surface area contributed by atoms with E-state index >= 15 is 0 Å². The van der Waals surface area contributed by atoms with Gasteiger partial charge in [-0.05, 0) is 30.5 Å². The van der Waals surface area contributed by atoms with Crippen LogP contribution in [-0.4, -0.2) is 36.6 Å². The zero-order chi connectivity index (χ0) is 16.4. The number of rotatable bonds is 3. The maximum Gasteiger partial charge on any atom is 0.277 e. The van der Waals surface area contributed by atoms with E-state index in [9.17, 15) is 4.79 Å². The van der Waals surface area contributed by atoms with Crippen LogP contribution in [0.5, 0.6) is 11.6 Å². The van der Waals surface area contributed by atoms with E-state index in [4.69, 9.17) is 21.1 Å². The Bertz CT molecular complexity index is 751. The summed E-state index contributed by atoms with van der Waals surface area (Å²) >= 11 is 6.30. The maximum absolute atomic E-state index is 12.9. The Morgan fingerprint density at radius 1 is 1.26 bits per heavy atom. The van der Waals surface area contributed by atoms with Crippen LogP contribution in [-0.2, 0) is 6.42 Å². The number of hydrogen-bond donors (Lipinski definition) is 0. The van der Waals surface area contributed by atoms with Crippen LogP contribution in [0.4, 0.5) is 5.69 Å². The van der Waals surface area contributed by atoms with Gasteiger partial charge in [0.2, 0.25) is 5.88 Å². The van der Waals surface area contributed by atoms with Gasteiger partial charge in [-0.15, -0.1) is 0 Å². The van der Waals surface area contributed by atoms with Gasteiger partial charge in [-0.1, -0.05) is 11.6 Å². The molecule has 1 amide bonds. The Balaban J connectivity index is 2.05. The lowest BCUT2D eigenvalue weighted by atomic mass is 10.0. The number of benzene rings is 1. The highest BCUT2D eigenvalue weighted by Crippen LogP contribution is 2.40. The number of amides is 1. The highest BCUT2D eigenvalue weighted by Gasteiger charge is 2.29. The summed E-state index contributed by atoms with van der Waals surface area (Å²) in [5.74, 6) is 0.740. The number of carbonyl (C=O) groups excluding carboxylic acids is 1. The molecule has 0 spiro atoms. The van der Waals surface area contributed by atoms with Crippen molar-refractivity contribution in [2.45, 2.75) is 12.8 Å². The molecule has 0 saturated carbocycles. The molecule has 0 N–H and O–H groups in total. The van der Waals surface area contributed by atoms with Crippen LogP contribution in [0.2, 0.25) is 5.02 Å². The molecule has 1 aliphatic heterocycles. The van der Waals surface area contributed by atoms with E-state index in [-0.39, 0.29) is 11.6 Å². The van der Waals surface area contributed by atoms with E-state index in [1.54, 1.807) is 24.1 Å². The van der Waals surface area contributed by atoms with Gasteiger partial charge in [-0.2, -0.15) is 0 Å². The number of hydrogen-bond acceptors (Lipinski definition) is 5. The molecule has 0 fully saturated rings. The van der Waals surface area contributed by atoms with Crippen LogP contribution in [0, 0.1) is 0 Å². The first-order chi connectivity index (χ1) is 11.2. The van der Waals surface area contributed by atoms with E-state index in [1.807, 2.05) is 0 Å². The Labute approximate surface area is 139 Å². The Morgan fingerprint density at radius 2 is 2.09 bits per heavy atom. The molecule has 120 valence electrons. The molecule has 0 radical (unpaired) electrons. The zero-order valence-corrected chi connectivity index (χ0v) is 13.6. The summed E-state index contributed by atoms with van der Waals surface area (Å²) in [5, 5.41) is 0.638. The number of aromatic nitrogens is 2. The van der Waals surface area contributed by atoms with Crippen molar-refractivity contribution in [1.29, 1.82) is 0 Å². The fraction of sp³-hybridized carbons (Fsp3) is 0.312. The highest BCUT2D eigenvalue weighted by molar-refractivity contribution is 6.32. The van der Waals surface area contributed by atoms with Crippen molar-refractivity contribution < 1.29 is 14.3 Å². The first kappa shape index (κ1) is 15.6. The van der Waals surface area contributed by atoms with E-state index in [0.717, 1.165) is 18.4 Å². The van der Waals surface area contributed by atoms with Crippen LogP contribution < -0.4 is 14.4 Å². The molecule has 3 rings (SSSR count). The highest BCUT2D eigenvalue weighted by atomic mass is 35.5. The molecule has 7 heteroatoms. The third kappa shape index (κ3) is 2.82. The van der Waals surface area contributed by atoms with Crippen molar-refractivity contribution in [2.75, 3.05) is 25.7 Å². The van der Waals surface area contributed by atoms with Gasteiger partial charge < -0.3 is 14.4 Å². The maximum atomic E-state index is 12.9. The van der Waals surface area contributed by atoms with Crippen LogP contribution >= 0.6 is 11.6 Å². The predicted molar refractivity (Wildman–Crippen MR) is 86.6 cm³/mol. The summed E-state index contributed by atoms with van der Waals surface area (Å²) < 4.78 is 10.5. The minimum absolute atomic E-state index is 0.229.